The summed E-state index contributed by atoms with van der Waals surface area (Å²) in [5.74, 6) is 1.10. The molecular weight excluding hydrogens is 236 g/mol. The van der Waals surface area contributed by atoms with Crippen molar-refractivity contribution in [2.75, 3.05) is 14.2 Å². The Morgan fingerprint density at radius 3 is 2.50 bits per heavy atom. The maximum atomic E-state index is 10.3. The molecule has 7 nitrogen and oxygen atoms in total. The Morgan fingerprint density at radius 1 is 1.22 bits per heavy atom. The van der Waals surface area contributed by atoms with Gasteiger partial charge in [-0.25, -0.2) is 4.68 Å². The standard InChI is InChI=1S/C11H16N4O3/c1-14-9(18-4)5-7(13-14)11(16)10-8(17-3)6-12-15(10)2/h5-6,11,16H,1-4H3. The van der Waals surface area contributed by atoms with Gasteiger partial charge < -0.3 is 14.6 Å². The van der Waals surface area contributed by atoms with Gasteiger partial charge in [-0.05, 0) is 0 Å². The number of aliphatic hydroxyl groups is 1. The minimum Gasteiger partial charge on any atom is -0.493 e. The van der Waals surface area contributed by atoms with Gasteiger partial charge in [-0.15, -0.1) is 0 Å². The molecule has 0 aromatic carbocycles. The minimum absolute atomic E-state index is 0.483. The molecule has 1 atom stereocenters. The highest BCUT2D eigenvalue weighted by Gasteiger charge is 2.23. The van der Waals surface area contributed by atoms with Crippen LogP contribution in [-0.4, -0.2) is 38.9 Å². The van der Waals surface area contributed by atoms with Crippen LogP contribution in [0.3, 0.4) is 0 Å². The quantitative estimate of drug-likeness (QED) is 0.844. The Morgan fingerprint density at radius 2 is 1.94 bits per heavy atom. The molecule has 2 aromatic heterocycles. The number of hydrogen-bond acceptors (Lipinski definition) is 5. The second-order valence-electron chi connectivity index (χ2n) is 3.86. The lowest BCUT2D eigenvalue weighted by atomic mass is 10.2. The van der Waals surface area contributed by atoms with Crippen LogP contribution in [0.1, 0.15) is 17.5 Å². The predicted molar refractivity (Wildman–Crippen MR) is 63.6 cm³/mol. The summed E-state index contributed by atoms with van der Waals surface area (Å²) in [4.78, 5) is 0. The van der Waals surface area contributed by atoms with Crippen LogP contribution in [0.4, 0.5) is 0 Å². The van der Waals surface area contributed by atoms with Gasteiger partial charge in [-0.1, -0.05) is 0 Å². The second kappa shape index (κ2) is 4.69. The topological polar surface area (TPSA) is 74.3 Å². The monoisotopic (exact) mass is 252 g/mol. The molecular formula is C11H16N4O3. The highest BCUT2D eigenvalue weighted by atomic mass is 16.5. The molecule has 0 saturated carbocycles. The fourth-order valence-electron chi connectivity index (χ4n) is 1.83. The molecule has 2 heterocycles. The molecule has 2 rings (SSSR count). The average molecular weight is 252 g/mol. The highest BCUT2D eigenvalue weighted by Crippen LogP contribution is 2.29. The van der Waals surface area contributed by atoms with Gasteiger partial charge in [0.2, 0.25) is 5.88 Å². The zero-order chi connectivity index (χ0) is 13.3. The molecule has 0 radical (unpaired) electrons. The summed E-state index contributed by atoms with van der Waals surface area (Å²) >= 11 is 0. The molecule has 1 unspecified atom stereocenters. The SMILES string of the molecule is COc1cnn(C)c1C(O)c1cc(OC)n(C)n1. The van der Waals surface area contributed by atoms with E-state index in [2.05, 4.69) is 10.2 Å². The first-order valence-electron chi connectivity index (χ1n) is 5.40. The Hall–Kier alpha value is -2.02. The zero-order valence-corrected chi connectivity index (χ0v) is 10.8. The summed E-state index contributed by atoms with van der Waals surface area (Å²) in [6, 6.07) is 1.68. The van der Waals surface area contributed by atoms with E-state index in [9.17, 15) is 5.11 Å². The van der Waals surface area contributed by atoms with Gasteiger partial charge in [-0.3, -0.25) is 4.68 Å². The van der Waals surface area contributed by atoms with Gasteiger partial charge >= 0.3 is 0 Å². The summed E-state index contributed by atoms with van der Waals surface area (Å²) in [5, 5.41) is 18.6. The number of aliphatic hydroxyl groups excluding tert-OH is 1. The molecule has 0 aliphatic carbocycles. The summed E-state index contributed by atoms with van der Waals surface area (Å²) in [6.07, 6.45) is 0.640. The Bertz CT molecular complexity index is 546. The number of aromatic nitrogens is 4. The van der Waals surface area contributed by atoms with Gasteiger partial charge in [0.25, 0.3) is 0 Å². The van der Waals surface area contributed by atoms with E-state index in [-0.39, 0.29) is 0 Å². The van der Waals surface area contributed by atoms with Crippen LogP contribution in [0.25, 0.3) is 0 Å². The smallest absolute Gasteiger partial charge is 0.211 e. The van der Waals surface area contributed by atoms with E-state index in [1.54, 1.807) is 42.8 Å². The molecule has 1 N–H and O–H groups in total. The zero-order valence-electron chi connectivity index (χ0n) is 10.8. The minimum atomic E-state index is -0.914. The molecule has 0 bridgehead atoms. The first kappa shape index (κ1) is 12.4. The van der Waals surface area contributed by atoms with Crippen LogP contribution < -0.4 is 9.47 Å². The molecule has 2 aromatic rings. The number of hydrogen-bond donors (Lipinski definition) is 1. The van der Waals surface area contributed by atoms with Crippen LogP contribution in [0, 0.1) is 0 Å². The van der Waals surface area contributed by atoms with E-state index < -0.39 is 6.10 Å². The van der Waals surface area contributed by atoms with Gasteiger partial charge in [-0.2, -0.15) is 10.2 Å². The van der Waals surface area contributed by atoms with E-state index in [1.165, 1.54) is 7.11 Å². The molecule has 0 aliphatic rings. The second-order valence-corrected chi connectivity index (χ2v) is 3.86. The third kappa shape index (κ3) is 1.92. The van der Waals surface area contributed by atoms with Gasteiger partial charge in [0.1, 0.15) is 17.5 Å². The van der Waals surface area contributed by atoms with Gasteiger partial charge in [0.05, 0.1) is 20.4 Å². The van der Waals surface area contributed by atoms with Crippen molar-refractivity contribution >= 4 is 0 Å². The van der Waals surface area contributed by atoms with E-state index in [1.807, 2.05) is 0 Å². The molecule has 98 valence electrons. The molecule has 0 spiro atoms. The normalized spacial score (nSPS) is 12.5. The number of aryl methyl sites for hydroxylation is 2. The van der Waals surface area contributed by atoms with Gasteiger partial charge in [0, 0.05) is 20.2 Å². The number of methoxy groups -OCH3 is 2. The van der Waals surface area contributed by atoms with Crippen molar-refractivity contribution < 1.29 is 14.6 Å². The molecule has 18 heavy (non-hydrogen) atoms. The van der Waals surface area contributed by atoms with E-state index in [0.717, 1.165) is 0 Å². The highest BCUT2D eigenvalue weighted by molar-refractivity contribution is 5.33. The van der Waals surface area contributed by atoms with E-state index >= 15 is 0 Å². The molecule has 7 heteroatoms. The van der Waals surface area contributed by atoms with Crippen LogP contribution in [0.15, 0.2) is 12.3 Å². The summed E-state index contributed by atoms with van der Waals surface area (Å²) in [6.45, 7) is 0. The molecule has 0 saturated heterocycles. The Balaban J connectivity index is 2.40. The van der Waals surface area contributed by atoms with Crippen LogP contribution in [0.5, 0.6) is 11.6 Å². The average Bonchev–Trinajstić information content (AvgIpc) is 2.91. The Labute approximate surface area is 105 Å². The Kier molecular flexibility index (Phi) is 3.24. The maximum Gasteiger partial charge on any atom is 0.211 e. The molecule has 0 amide bonds. The fourth-order valence-corrected chi connectivity index (χ4v) is 1.83. The van der Waals surface area contributed by atoms with E-state index in [0.29, 0.717) is 23.0 Å². The van der Waals surface area contributed by atoms with Crippen molar-refractivity contribution in [3.63, 3.8) is 0 Å². The summed E-state index contributed by atoms with van der Waals surface area (Å²) in [5.41, 5.74) is 1.04. The lowest BCUT2D eigenvalue weighted by Gasteiger charge is -2.10. The largest absolute Gasteiger partial charge is 0.493 e. The van der Waals surface area contributed by atoms with E-state index in [4.69, 9.17) is 9.47 Å². The van der Waals surface area contributed by atoms with Crippen molar-refractivity contribution in [1.29, 1.82) is 0 Å². The maximum absolute atomic E-state index is 10.3. The predicted octanol–water partition coefficient (Wildman–Crippen LogP) is 0.252. The van der Waals surface area contributed by atoms with Crippen molar-refractivity contribution in [3.8, 4) is 11.6 Å². The summed E-state index contributed by atoms with van der Waals surface area (Å²) in [7, 11) is 6.57. The molecule has 0 fully saturated rings. The van der Waals surface area contributed by atoms with Crippen molar-refractivity contribution in [2.45, 2.75) is 6.10 Å². The van der Waals surface area contributed by atoms with Crippen LogP contribution in [0.2, 0.25) is 0 Å². The lowest BCUT2D eigenvalue weighted by Crippen LogP contribution is -2.09. The van der Waals surface area contributed by atoms with Crippen molar-refractivity contribution in [1.82, 2.24) is 19.6 Å². The number of nitrogens with zero attached hydrogens (tertiary/aromatic N) is 4. The van der Waals surface area contributed by atoms with Crippen LogP contribution in [-0.2, 0) is 14.1 Å². The number of ether oxygens (including phenoxy) is 2. The first-order chi connectivity index (χ1) is 8.58. The first-order valence-corrected chi connectivity index (χ1v) is 5.40. The van der Waals surface area contributed by atoms with Crippen LogP contribution >= 0.6 is 0 Å². The van der Waals surface area contributed by atoms with Gasteiger partial charge in [0.15, 0.2) is 5.75 Å². The van der Waals surface area contributed by atoms with Crippen molar-refractivity contribution in [2.24, 2.45) is 14.1 Å². The third-order valence-corrected chi connectivity index (χ3v) is 2.77. The third-order valence-electron chi connectivity index (χ3n) is 2.77. The van der Waals surface area contributed by atoms with Crippen molar-refractivity contribution in [3.05, 3.63) is 23.7 Å². The lowest BCUT2D eigenvalue weighted by molar-refractivity contribution is 0.198. The summed E-state index contributed by atoms with van der Waals surface area (Å²) < 4.78 is 13.4. The molecule has 0 aliphatic heterocycles. The number of rotatable bonds is 4. The fraction of sp³-hybridized carbons (Fsp3) is 0.455.